The van der Waals surface area contributed by atoms with Gasteiger partial charge in [-0.3, -0.25) is 9.59 Å². The molecule has 2 amide bonds. The van der Waals surface area contributed by atoms with Gasteiger partial charge < -0.3 is 19.7 Å². The Morgan fingerprint density at radius 2 is 1.59 bits per heavy atom. The van der Waals surface area contributed by atoms with E-state index in [1.165, 1.54) is 0 Å². The first-order valence-electron chi connectivity index (χ1n) is 9.00. The Morgan fingerprint density at radius 3 is 2.22 bits per heavy atom. The summed E-state index contributed by atoms with van der Waals surface area (Å²) in [7, 11) is 1.54. The van der Waals surface area contributed by atoms with E-state index >= 15 is 0 Å². The fraction of sp³-hybridized carbons (Fsp3) is 0.333. The normalized spacial score (nSPS) is 11.4. The van der Waals surface area contributed by atoms with E-state index in [9.17, 15) is 9.59 Å². The number of benzene rings is 2. The minimum absolute atomic E-state index is 0.116. The average Bonchev–Trinajstić information content (AvgIpc) is 2.69. The summed E-state index contributed by atoms with van der Waals surface area (Å²) >= 11 is 0. The minimum Gasteiger partial charge on any atom is -0.493 e. The first-order valence-corrected chi connectivity index (χ1v) is 9.00. The van der Waals surface area contributed by atoms with Crippen LogP contribution < -0.4 is 14.8 Å². The molecule has 0 aromatic heterocycles. The molecule has 27 heavy (non-hydrogen) atoms. The second kappa shape index (κ2) is 9.62. The maximum Gasteiger partial charge on any atom is 0.265 e. The number of hydrogen-bond acceptors (Lipinski definition) is 4. The molecule has 0 saturated carbocycles. The van der Waals surface area contributed by atoms with Crippen LogP contribution in [0.5, 0.6) is 11.5 Å². The molecule has 1 atom stereocenters. The van der Waals surface area contributed by atoms with Gasteiger partial charge in [-0.25, -0.2) is 0 Å². The monoisotopic (exact) mass is 370 g/mol. The summed E-state index contributed by atoms with van der Waals surface area (Å²) in [5.74, 6) is 0.569. The summed E-state index contributed by atoms with van der Waals surface area (Å²) in [6, 6.07) is 14.1. The smallest absolute Gasteiger partial charge is 0.265 e. The highest BCUT2D eigenvalue weighted by Crippen LogP contribution is 2.27. The fourth-order valence-corrected chi connectivity index (χ4v) is 2.65. The van der Waals surface area contributed by atoms with Crippen molar-refractivity contribution >= 4 is 17.5 Å². The van der Waals surface area contributed by atoms with Crippen molar-refractivity contribution in [3.05, 3.63) is 54.1 Å². The second-order valence-corrected chi connectivity index (χ2v) is 5.92. The number of amides is 2. The predicted octanol–water partition coefficient (Wildman–Crippen LogP) is 3.58. The highest BCUT2D eigenvalue weighted by atomic mass is 16.5. The van der Waals surface area contributed by atoms with Gasteiger partial charge in [0.05, 0.1) is 18.4 Å². The molecular weight excluding hydrogens is 344 g/mol. The second-order valence-electron chi connectivity index (χ2n) is 5.92. The quantitative estimate of drug-likeness (QED) is 0.771. The third-order valence-corrected chi connectivity index (χ3v) is 4.21. The molecule has 0 aliphatic carbocycles. The fourth-order valence-electron chi connectivity index (χ4n) is 2.65. The molecule has 0 fully saturated rings. The van der Waals surface area contributed by atoms with E-state index in [-0.39, 0.29) is 11.8 Å². The lowest BCUT2D eigenvalue weighted by Gasteiger charge is -2.21. The first-order chi connectivity index (χ1) is 13.0. The van der Waals surface area contributed by atoms with E-state index in [0.717, 1.165) is 0 Å². The SMILES string of the molecule is CCN(CC)C(=O)c1ccccc1NC(=O)[C@@H](C)Oc1ccccc1OC. The molecule has 2 aromatic rings. The molecule has 0 saturated heterocycles. The number of para-hydroxylation sites is 3. The minimum atomic E-state index is -0.766. The summed E-state index contributed by atoms with van der Waals surface area (Å²) < 4.78 is 11.0. The van der Waals surface area contributed by atoms with Gasteiger partial charge in [-0.15, -0.1) is 0 Å². The van der Waals surface area contributed by atoms with Gasteiger partial charge in [0.2, 0.25) is 0 Å². The summed E-state index contributed by atoms with van der Waals surface area (Å²) in [4.78, 5) is 27.0. The highest BCUT2D eigenvalue weighted by Gasteiger charge is 2.21. The lowest BCUT2D eigenvalue weighted by molar-refractivity contribution is -0.122. The van der Waals surface area contributed by atoms with Gasteiger partial charge in [-0.2, -0.15) is 0 Å². The first kappa shape index (κ1) is 20.3. The van der Waals surface area contributed by atoms with E-state index in [1.807, 2.05) is 19.9 Å². The Morgan fingerprint density at radius 1 is 1.00 bits per heavy atom. The van der Waals surface area contributed by atoms with Crippen LogP contribution >= 0.6 is 0 Å². The number of nitrogens with one attached hydrogen (secondary N) is 1. The average molecular weight is 370 g/mol. The standard InChI is InChI=1S/C21H26N2O4/c1-5-23(6-2)21(25)16-11-7-8-12-17(16)22-20(24)15(3)27-19-14-10-9-13-18(19)26-4/h7-15H,5-6H2,1-4H3,(H,22,24)/t15-/m1/s1. The number of rotatable bonds is 8. The molecule has 0 aliphatic rings. The van der Waals surface area contributed by atoms with Crippen molar-refractivity contribution in [2.75, 3.05) is 25.5 Å². The van der Waals surface area contributed by atoms with Crippen molar-refractivity contribution in [1.29, 1.82) is 0 Å². The summed E-state index contributed by atoms with van der Waals surface area (Å²) in [6.45, 7) is 6.70. The van der Waals surface area contributed by atoms with Crippen molar-refractivity contribution in [1.82, 2.24) is 4.90 Å². The molecule has 2 rings (SSSR count). The van der Waals surface area contributed by atoms with Gasteiger partial charge >= 0.3 is 0 Å². The van der Waals surface area contributed by atoms with E-state index in [0.29, 0.717) is 35.8 Å². The van der Waals surface area contributed by atoms with Gasteiger partial charge in [0.15, 0.2) is 17.6 Å². The van der Waals surface area contributed by atoms with Crippen LogP contribution in [0.1, 0.15) is 31.1 Å². The summed E-state index contributed by atoms with van der Waals surface area (Å²) in [6.07, 6.45) is -0.766. The third kappa shape index (κ3) is 5.00. The molecule has 0 heterocycles. The molecule has 0 unspecified atom stereocenters. The molecule has 6 heteroatoms. The lowest BCUT2D eigenvalue weighted by Crippen LogP contribution is -2.33. The molecule has 144 valence electrons. The van der Waals surface area contributed by atoms with Crippen molar-refractivity contribution in [2.45, 2.75) is 26.9 Å². The van der Waals surface area contributed by atoms with E-state index in [1.54, 1.807) is 61.4 Å². The van der Waals surface area contributed by atoms with Crippen molar-refractivity contribution in [2.24, 2.45) is 0 Å². The van der Waals surface area contributed by atoms with Crippen molar-refractivity contribution in [3.8, 4) is 11.5 Å². The lowest BCUT2D eigenvalue weighted by atomic mass is 10.1. The maximum atomic E-state index is 12.7. The number of nitrogens with zero attached hydrogens (tertiary/aromatic N) is 1. The molecule has 2 aromatic carbocycles. The maximum absolute atomic E-state index is 12.7. The Hall–Kier alpha value is -3.02. The zero-order chi connectivity index (χ0) is 19.8. The molecule has 0 aliphatic heterocycles. The predicted molar refractivity (Wildman–Crippen MR) is 105 cm³/mol. The Labute approximate surface area is 160 Å². The largest absolute Gasteiger partial charge is 0.493 e. The Kier molecular flexibility index (Phi) is 7.23. The van der Waals surface area contributed by atoms with Crippen LogP contribution in [0, 0.1) is 0 Å². The van der Waals surface area contributed by atoms with Crippen LogP contribution in [0.25, 0.3) is 0 Å². The number of carbonyl (C=O) groups excluding carboxylic acids is 2. The van der Waals surface area contributed by atoms with E-state index in [4.69, 9.17) is 9.47 Å². The molecule has 0 spiro atoms. The zero-order valence-electron chi connectivity index (χ0n) is 16.2. The van der Waals surface area contributed by atoms with Gasteiger partial charge in [-0.1, -0.05) is 24.3 Å². The topological polar surface area (TPSA) is 67.9 Å². The summed E-state index contributed by atoms with van der Waals surface area (Å²) in [5, 5.41) is 2.80. The Bertz CT molecular complexity index is 787. The summed E-state index contributed by atoms with van der Waals surface area (Å²) in [5.41, 5.74) is 0.925. The van der Waals surface area contributed by atoms with Gasteiger partial charge in [0, 0.05) is 13.1 Å². The third-order valence-electron chi connectivity index (χ3n) is 4.21. The van der Waals surface area contributed by atoms with Crippen LogP contribution in [0.15, 0.2) is 48.5 Å². The van der Waals surface area contributed by atoms with E-state index in [2.05, 4.69) is 5.32 Å². The van der Waals surface area contributed by atoms with Crippen molar-refractivity contribution in [3.63, 3.8) is 0 Å². The number of methoxy groups -OCH3 is 1. The van der Waals surface area contributed by atoms with E-state index < -0.39 is 6.10 Å². The number of anilines is 1. The van der Waals surface area contributed by atoms with Crippen LogP contribution in [0.2, 0.25) is 0 Å². The molecule has 6 nitrogen and oxygen atoms in total. The van der Waals surface area contributed by atoms with Gasteiger partial charge in [0.25, 0.3) is 11.8 Å². The highest BCUT2D eigenvalue weighted by molar-refractivity contribution is 6.04. The van der Waals surface area contributed by atoms with Crippen LogP contribution in [-0.4, -0.2) is 43.0 Å². The van der Waals surface area contributed by atoms with Gasteiger partial charge in [-0.05, 0) is 45.0 Å². The molecule has 0 bridgehead atoms. The zero-order valence-corrected chi connectivity index (χ0v) is 16.2. The number of ether oxygens (including phenoxy) is 2. The van der Waals surface area contributed by atoms with Crippen LogP contribution in [0.3, 0.4) is 0 Å². The van der Waals surface area contributed by atoms with Gasteiger partial charge in [0.1, 0.15) is 0 Å². The molecule has 0 radical (unpaired) electrons. The molecule has 1 N–H and O–H groups in total. The van der Waals surface area contributed by atoms with Crippen LogP contribution in [-0.2, 0) is 4.79 Å². The number of hydrogen-bond donors (Lipinski definition) is 1. The van der Waals surface area contributed by atoms with Crippen molar-refractivity contribution < 1.29 is 19.1 Å². The molecular formula is C21H26N2O4. The number of carbonyl (C=O) groups is 2. The Balaban J connectivity index is 2.15. The van der Waals surface area contributed by atoms with Crippen LogP contribution in [0.4, 0.5) is 5.69 Å².